The number of fused-ring (bicyclic) bond motifs is 1. The summed E-state index contributed by atoms with van der Waals surface area (Å²) in [6.45, 7) is 8.48. The van der Waals surface area contributed by atoms with Crippen molar-refractivity contribution < 1.29 is 4.74 Å². The van der Waals surface area contributed by atoms with Crippen LogP contribution in [-0.2, 0) is 4.74 Å². The second-order valence-electron chi connectivity index (χ2n) is 7.18. The molecule has 3 heterocycles. The molecule has 0 radical (unpaired) electrons. The van der Waals surface area contributed by atoms with Gasteiger partial charge in [-0.1, -0.05) is 17.7 Å². The third kappa shape index (κ3) is 4.10. The van der Waals surface area contributed by atoms with Crippen LogP contribution >= 0.6 is 0 Å². The van der Waals surface area contributed by atoms with Crippen LogP contribution in [0.5, 0.6) is 0 Å². The van der Waals surface area contributed by atoms with Gasteiger partial charge >= 0.3 is 0 Å². The number of benzene rings is 1. The molecule has 1 fully saturated rings. The minimum atomic E-state index is 0.249. The highest BCUT2D eigenvalue weighted by atomic mass is 16.5. The quantitative estimate of drug-likeness (QED) is 0.749. The van der Waals surface area contributed by atoms with Crippen molar-refractivity contribution in [3.8, 4) is 0 Å². The Balaban J connectivity index is 1.57. The number of ether oxygens (including phenoxy) is 1. The van der Waals surface area contributed by atoms with E-state index < -0.39 is 0 Å². The number of aromatic nitrogens is 2. The van der Waals surface area contributed by atoms with E-state index in [9.17, 15) is 0 Å². The minimum Gasteiger partial charge on any atom is -0.379 e. The van der Waals surface area contributed by atoms with Crippen molar-refractivity contribution in [2.45, 2.75) is 19.9 Å². The van der Waals surface area contributed by atoms with Crippen molar-refractivity contribution in [2.24, 2.45) is 0 Å². The Bertz CT molecular complexity index is 907. The molecule has 1 atom stereocenters. The highest BCUT2D eigenvalue weighted by molar-refractivity contribution is 5.84. The molecule has 0 bridgehead atoms. The predicted octanol–water partition coefficient (Wildman–Crippen LogP) is 3.73. The van der Waals surface area contributed by atoms with Gasteiger partial charge in [0.1, 0.15) is 5.82 Å². The molecule has 140 valence electrons. The molecule has 0 saturated carbocycles. The van der Waals surface area contributed by atoms with Crippen molar-refractivity contribution in [2.75, 3.05) is 38.2 Å². The van der Waals surface area contributed by atoms with Crippen molar-refractivity contribution in [3.63, 3.8) is 0 Å². The fourth-order valence-corrected chi connectivity index (χ4v) is 3.72. The fraction of sp³-hybridized carbons (Fsp3) is 0.364. The summed E-state index contributed by atoms with van der Waals surface area (Å²) in [7, 11) is 0. The number of hydrogen-bond donors (Lipinski definition) is 1. The fourth-order valence-electron chi connectivity index (χ4n) is 3.72. The molecule has 0 spiro atoms. The number of anilines is 1. The van der Waals surface area contributed by atoms with Gasteiger partial charge in [0.15, 0.2) is 0 Å². The zero-order valence-electron chi connectivity index (χ0n) is 16.0. The summed E-state index contributed by atoms with van der Waals surface area (Å²) < 4.78 is 5.53. The van der Waals surface area contributed by atoms with Crippen LogP contribution in [0.25, 0.3) is 10.9 Å². The minimum absolute atomic E-state index is 0.249. The molecule has 2 aromatic heterocycles. The monoisotopic (exact) mass is 362 g/mol. The Morgan fingerprint density at radius 2 is 2.00 bits per heavy atom. The van der Waals surface area contributed by atoms with E-state index in [1.54, 1.807) is 0 Å². The standard InChI is InChI=1S/C22H26N4O/c1-16-5-6-20-19(12-16)17(2)13-22(25-20)24-15-21(18-4-3-7-23-14-18)26-8-10-27-11-9-26/h3-7,12-14,21H,8-11,15H2,1-2H3,(H,24,25)/t21-/m1/s1. The lowest BCUT2D eigenvalue weighted by atomic mass is 10.1. The van der Waals surface area contributed by atoms with Crippen LogP contribution in [-0.4, -0.2) is 47.7 Å². The first-order chi connectivity index (χ1) is 13.2. The molecule has 1 N–H and O–H groups in total. The zero-order chi connectivity index (χ0) is 18.6. The van der Waals surface area contributed by atoms with Crippen molar-refractivity contribution in [3.05, 3.63) is 65.5 Å². The number of hydrogen-bond acceptors (Lipinski definition) is 5. The molecule has 27 heavy (non-hydrogen) atoms. The highest BCUT2D eigenvalue weighted by Gasteiger charge is 2.22. The van der Waals surface area contributed by atoms with Gasteiger partial charge in [-0.05, 0) is 49.2 Å². The Kier molecular flexibility index (Phi) is 5.32. The van der Waals surface area contributed by atoms with Crippen LogP contribution in [0.2, 0.25) is 0 Å². The molecule has 1 saturated heterocycles. The first-order valence-corrected chi connectivity index (χ1v) is 9.54. The first-order valence-electron chi connectivity index (χ1n) is 9.54. The van der Waals surface area contributed by atoms with Gasteiger partial charge in [-0.15, -0.1) is 0 Å². The largest absolute Gasteiger partial charge is 0.379 e. The first kappa shape index (κ1) is 17.9. The van der Waals surface area contributed by atoms with E-state index in [1.165, 1.54) is 22.1 Å². The molecule has 1 aliphatic heterocycles. The molecule has 1 aliphatic rings. The van der Waals surface area contributed by atoms with E-state index >= 15 is 0 Å². The van der Waals surface area contributed by atoms with Gasteiger partial charge in [0.2, 0.25) is 0 Å². The van der Waals surface area contributed by atoms with E-state index in [2.05, 4.69) is 59.4 Å². The van der Waals surface area contributed by atoms with Crippen molar-refractivity contribution >= 4 is 16.7 Å². The number of pyridine rings is 2. The van der Waals surface area contributed by atoms with Gasteiger partial charge in [-0.25, -0.2) is 4.98 Å². The Morgan fingerprint density at radius 1 is 1.15 bits per heavy atom. The molecule has 0 aliphatic carbocycles. The third-order valence-electron chi connectivity index (χ3n) is 5.20. The van der Waals surface area contributed by atoms with E-state index in [0.29, 0.717) is 0 Å². The molecule has 5 nitrogen and oxygen atoms in total. The highest BCUT2D eigenvalue weighted by Crippen LogP contribution is 2.24. The predicted molar refractivity (Wildman–Crippen MR) is 109 cm³/mol. The maximum Gasteiger partial charge on any atom is 0.126 e. The van der Waals surface area contributed by atoms with Gasteiger partial charge in [0.05, 0.1) is 24.8 Å². The summed E-state index contributed by atoms with van der Waals surface area (Å²) in [6, 6.07) is 13.0. The topological polar surface area (TPSA) is 50.3 Å². The Hall–Kier alpha value is -2.50. The number of nitrogens with zero attached hydrogens (tertiary/aromatic N) is 3. The summed E-state index contributed by atoms with van der Waals surface area (Å²) in [5.74, 6) is 0.922. The summed E-state index contributed by atoms with van der Waals surface area (Å²) in [6.07, 6.45) is 3.78. The average Bonchev–Trinajstić information content (AvgIpc) is 2.70. The number of nitrogens with one attached hydrogen (secondary N) is 1. The van der Waals surface area contributed by atoms with Gasteiger partial charge in [-0.2, -0.15) is 0 Å². The zero-order valence-corrected chi connectivity index (χ0v) is 16.0. The number of morpholine rings is 1. The summed E-state index contributed by atoms with van der Waals surface area (Å²) in [5, 5.41) is 4.79. The normalized spacial score (nSPS) is 16.4. The van der Waals surface area contributed by atoms with Crippen LogP contribution in [0.1, 0.15) is 22.7 Å². The average molecular weight is 362 g/mol. The van der Waals surface area contributed by atoms with Crippen LogP contribution in [0.4, 0.5) is 5.82 Å². The summed E-state index contributed by atoms with van der Waals surface area (Å²) in [4.78, 5) is 11.6. The Labute approximate surface area is 160 Å². The Morgan fingerprint density at radius 3 is 2.78 bits per heavy atom. The number of aryl methyl sites for hydroxylation is 2. The lowest BCUT2D eigenvalue weighted by Gasteiger charge is -2.34. The van der Waals surface area contributed by atoms with Crippen LogP contribution < -0.4 is 5.32 Å². The van der Waals surface area contributed by atoms with Crippen LogP contribution in [0, 0.1) is 13.8 Å². The van der Waals surface area contributed by atoms with Crippen molar-refractivity contribution in [1.29, 1.82) is 0 Å². The van der Waals surface area contributed by atoms with Gasteiger partial charge in [0, 0.05) is 37.4 Å². The lowest BCUT2D eigenvalue weighted by molar-refractivity contribution is 0.0186. The molecule has 1 aromatic carbocycles. The van der Waals surface area contributed by atoms with E-state index in [-0.39, 0.29) is 6.04 Å². The van der Waals surface area contributed by atoms with E-state index in [1.807, 2.05) is 18.5 Å². The molecule has 3 aromatic rings. The summed E-state index contributed by atoms with van der Waals surface area (Å²) >= 11 is 0. The molecule has 5 heteroatoms. The van der Waals surface area contributed by atoms with Crippen LogP contribution in [0.15, 0.2) is 48.8 Å². The maximum absolute atomic E-state index is 5.53. The smallest absolute Gasteiger partial charge is 0.126 e. The molecule has 4 rings (SSSR count). The van der Waals surface area contributed by atoms with E-state index in [4.69, 9.17) is 9.72 Å². The van der Waals surface area contributed by atoms with Crippen LogP contribution in [0.3, 0.4) is 0 Å². The van der Waals surface area contributed by atoms with Gasteiger partial charge < -0.3 is 10.1 Å². The third-order valence-corrected chi connectivity index (χ3v) is 5.20. The molecular formula is C22H26N4O. The molecular weight excluding hydrogens is 336 g/mol. The maximum atomic E-state index is 5.53. The molecule has 0 amide bonds. The van der Waals surface area contributed by atoms with Gasteiger partial charge in [-0.3, -0.25) is 9.88 Å². The second-order valence-corrected chi connectivity index (χ2v) is 7.18. The lowest BCUT2D eigenvalue weighted by Crippen LogP contribution is -2.41. The SMILES string of the molecule is Cc1ccc2nc(NC[C@H](c3cccnc3)N3CCOCC3)cc(C)c2c1. The second kappa shape index (κ2) is 8.03. The van der Waals surface area contributed by atoms with Crippen molar-refractivity contribution in [1.82, 2.24) is 14.9 Å². The molecule has 0 unspecified atom stereocenters. The van der Waals surface area contributed by atoms with Gasteiger partial charge in [0.25, 0.3) is 0 Å². The number of rotatable bonds is 5. The van der Waals surface area contributed by atoms with E-state index in [0.717, 1.165) is 44.2 Å². The summed E-state index contributed by atoms with van der Waals surface area (Å²) in [5.41, 5.74) is 4.76.